The van der Waals surface area contributed by atoms with Gasteiger partial charge in [0.15, 0.2) is 0 Å². The van der Waals surface area contributed by atoms with Crippen LogP contribution in [0.25, 0.3) is 0 Å². The van der Waals surface area contributed by atoms with Gasteiger partial charge in [0.05, 0.1) is 0 Å². The molecule has 7 heavy (non-hydrogen) atoms. The molecule has 0 aromatic carbocycles. The van der Waals surface area contributed by atoms with Crippen LogP contribution < -0.4 is 5.73 Å². The second-order valence-corrected chi connectivity index (χ2v) is 1.75. The quantitative estimate of drug-likeness (QED) is 0.549. The van der Waals surface area contributed by atoms with E-state index in [0.29, 0.717) is 13.0 Å². The second kappa shape index (κ2) is 2.48. The van der Waals surface area contributed by atoms with Crippen LogP contribution in [0.2, 0.25) is 0 Å². The average molecular weight is 126 g/mol. The molecule has 0 radical (unpaired) electrons. The van der Waals surface area contributed by atoms with E-state index < -0.39 is 6.17 Å². The number of alkyl halides is 1. The largest absolute Gasteiger partial charge is 0.330 e. The number of rotatable bonds is 1. The van der Waals surface area contributed by atoms with Gasteiger partial charge < -0.3 is 5.73 Å². The molecule has 0 aromatic heterocycles. The molecular formula is C4H9ClFN. The molecule has 1 aliphatic rings. The molecule has 2 atom stereocenters. The van der Waals surface area contributed by atoms with Gasteiger partial charge in [0.2, 0.25) is 0 Å². The summed E-state index contributed by atoms with van der Waals surface area (Å²) in [5, 5.41) is 0. The first-order valence-corrected chi connectivity index (χ1v) is 2.18. The number of halogens is 2. The first-order valence-electron chi connectivity index (χ1n) is 2.18. The maximum atomic E-state index is 11.7. The minimum absolute atomic E-state index is 0. The Labute approximate surface area is 48.5 Å². The summed E-state index contributed by atoms with van der Waals surface area (Å²) in [6, 6.07) is 0. The maximum absolute atomic E-state index is 11.7. The molecule has 1 aliphatic carbocycles. The minimum atomic E-state index is -0.560. The standard InChI is InChI=1S/C4H8FN.ClH/c5-4-1-3(4)2-6;/h3-4H,1-2,6H2;1H. The third-order valence-electron chi connectivity index (χ3n) is 1.14. The predicted molar refractivity (Wildman–Crippen MR) is 29.3 cm³/mol. The summed E-state index contributed by atoms with van der Waals surface area (Å²) < 4.78 is 11.7. The molecule has 1 saturated carbocycles. The van der Waals surface area contributed by atoms with Crippen molar-refractivity contribution in [2.24, 2.45) is 11.7 Å². The highest BCUT2D eigenvalue weighted by atomic mass is 35.5. The first-order chi connectivity index (χ1) is 2.84. The van der Waals surface area contributed by atoms with E-state index in [1.807, 2.05) is 0 Å². The van der Waals surface area contributed by atoms with Gasteiger partial charge in [0.1, 0.15) is 6.17 Å². The smallest absolute Gasteiger partial charge is 0.105 e. The monoisotopic (exact) mass is 125 g/mol. The third-order valence-corrected chi connectivity index (χ3v) is 1.14. The predicted octanol–water partition coefficient (Wildman–Crippen LogP) is 0.725. The van der Waals surface area contributed by atoms with Crippen LogP contribution in [-0.2, 0) is 0 Å². The van der Waals surface area contributed by atoms with Crippen molar-refractivity contribution in [1.82, 2.24) is 0 Å². The Morgan fingerprint density at radius 1 is 1.71 bits per heavy atom. The number of hydrogen-bond acceptors (Lipinski definition) is 1. The normalized spacial score (nSPS) is 36.9. The van der Waals surface area contributed by atoms with Gasteiger partial charge in [0, 0.05) is 5.92 Å². The molecule has 1 nitrogen and oxygen atoms in total. The SMILES string of the molecule is Cl.NCC1CC1F. The molecule has 1 rings (SSSR count). The molecule has 0 spiro atoms. The van der Waals surface area contributed by atoms with Crippen LogP contribution in [0.3, 0.4) is 0 Å². The van der Waals surface area contributed by atoms with Crippen molar-refractivity contribution in [3.63, 3.8) is 0 Å². The Balaban J connectivity index is 0.000000360. The van der Waals surface area contributed by atoms with E-state index in [1.165, 1.54) is 0 Å². The zero-order chi connectivity index (χ0) is 4.57. The topological polar surface area (TPSA) is 26.0 Å². The van der Waals surface area contributed by atoms with E-state index >= 15 is 0 Å². The van der Waals surface area contributed by atoms with Gasteiger partial charge in [-0.3, -0.25) is 0 Å². The second-order valence-electron chi connectivity index (χ2n) is 1.75. The van der Waals surface area contributed by atoms with Gasteiger partial charge >= 0.3 is 0 Å². The summed E-state index contributed by atoms with van der Waals surface area (Å²) in [5.74, 6) is 0.213. The van der Waals surface area contributed by atoms with Crippen LogP contribution in [0.1, 0.15) is 6.42 Å². The van der Waals surface area contributed by atoms with E-state index in [2.05, 4.69) is 0 Å². The third kappa shape index (κ3) is 1.61. The zero-order valence-electron chi connectivity index (χ0n) is 3.93. The fourth-order valence-electron chi connectivity index (χ4n) is 0.455. The van der Waals surface area contributed by atoms with Crippen molar-refractivity contribution in [3.8, 4) is 0 Å². The molecule has 0 heterocycles. The molecule has 44 valence electrons. The van der Waals surface area contributed by atoms with Crippen molar-refractivity contribution in [2.45, 2.75) is 12.6 Å². The number of hydrogen-bond donors (Lipinski definition) is 1. The fraction of sp³-hybridized carbons (Fsp3) is 1.00. The summed E-state index contributed by atoms with van der Waals surface area (Å²) in [4.78, 5) is 0. The molecule has 0 aliphatic heterocycles. The van der Waals surface area contributed by atoms with Gasteiger partial charge in [0.25, 0.3) is 0 Å². The molecule has 0 amide bonds. The van der Waals surface area contributed by atoms with Crippen LogP contribution in [0.4, 0.5) is 4.39 Å². The Morgan fingerprint density at radius 2 is 2.14 bits per heavy atom. The highest BCUT2D eigenvalue weighted by molar-refractivity contribution is 5.85. The first kappa shape index (κ1) is 7.18. The van der Waals surface area contributed by atoms with Crippen LogP contribution in [-0.4, -0.2) is 12.7 Å². The van der Waals surface area contributed by atoms with Crippen molar-refractivity contribution in [2.75, 3.05) is 6.54 Å². The lowest BCUT2D eigenvalue weighted by atomic mass is 10.4. The van der Waals surface area contributed by atoms with Gasteiger partial charge in [-0.05, 0) is 13.0 Å². The molecule has 1 fully saturated rings. The summed E-state index contributed by atoms with van der Waals surface area (Å²) in [7, 11) is 0. The van der Waals surface area contributed by atoms with E-state index in [9.17, 15) is 4.39 Å². The van der Waals surface area contributed by atoms with Crippen molar-refractivity contribution >= 4 is 12.4 Å². The Bertz CT molecular complexity index is 57.7. The minimum Gasteiger partial charge on any atom is -0.330 e. The Morgan fingerprint density at radius 3 is 2.14 bits per heavy atom. The molecule has 0 bridgehead atoms. The number of nitrogens with two attached hydrogens (primary N) is 1. The molecule has 0 aromatic rings. The lowest BCUT2D eigenvalue weighted by molar-refractivity contribution is 0.448. The van der Waals surface area contributed by atoms with Gasteiger partial charge in [-0.2, -0.15) is 0 Å². The van der Waals surface area contributed by atoms with Gasteiger partial charge in [-0.15, -0.1) is 12.4 Å². The summed E-state index contributed by atoms with van der Waals surface area (Å²) >= 11 is 0. The van der Waals surface area contributed by atoms with Crippen molar-refractivity contribution < 1.29 is 4.39 Å². The van der Waals surface area contributed by atoms with Crippen molar-refractivity contribution in [1.29, 1.82) is 0 Å². The lowest BCUT2D eigenvalue weighted by Gasteiger charge is -1.77. The van der Waals surface area contributed by atoms with Crippen LogP contribution in [0.5, 0.6) is 0 Å². The van der Waals surface area contributed by atoms with Gasteiger partial charge in [-0.25, -0.2) is 4.39 Å². The van der Waals surface area contributed by atoms with Crippen molar-refractivity contribution in [3.05, 3.63) is 0 Å². The Kier molecular flexibility index (Phi) is 2.54. The summed E-state index contributed by atoms with van der Waals surface area (Å²) in [6.45, 7) is 0.529. The Hall–Kier alpha value is 0.180. The average Bonchev–Trinajstić information content (AvgIpc) is 2.19. The van der Waals surface area contributed by atoms with Crippen LogP contribution >= 0.6 is 12.4 Å². The van der Waals surface area contributed by atoms with E-state index in [4.69, 9.17) is 5.73 Å². The highest BCUT2D eigenvalue weighted by Crippen LogP contribution is 2.31. The summed E-state index contributed by atoms with van der Waals surface area (Å²) in [6.07, 6.45) is 0.145. The van der Waals surface area contributed by atoms with Gasteiger partial charge in [-0.1, -0.05) is 0 Å². The lowest BCUT2D eigenvalue weighted by Crippen LogP contribution is -2.01. The molecule has 2 unspecified atom stereocenters. The van der Waals surface area contributed by atoms with E-state index in [0.717, 1.165) is 0 Å². The van der Waals surface area contributed by atoms with Crippen LogP contribution in [0.15, 0.2) is 0 Å². The van der Waals surface area contributed by atoms with E-state index in [1.54, 1.807) is 0 Å². The highest BCUT2D eigenvalue weighted by Gasteiger charge is 2.35. The maximum Gasteiger partial charge on any atom is 0.105 e. The fourth-order valence-corrected chi connectivity index (χ4v) is 0.455. The van der Waals surface area contributed by atoms with E-state index in [-0.39, 0.29) is 18.3 Å². The molecular weight excluding hydrogens is 117 g/mol. The van der Waals surface area contributed by atoms with Crippen LogP contribution in [0, 0.1) is 5.92 Å². The summed E-state index contributed by atoms with van der Waals surface area (Å²) in [5.41, 5.74) is 5.08. The molecule has 2 N–H and O–H groups in total. The zero-order valence-corrected chi connectivity index (χ0v) is 4.75. The molecule has 3 heteroatoms. The molecule has 0 saturated heterocycles.